The smallest absolute Gasteiger partial charge is 0.196 e. The summed E-state index contributed by atoms with van der Waals surface area (Å²) in [5.41, 5.74) is 9.44. The standard InChI is InChI=1S/C36H60N8Si/c1-17(2)25-33(26(18(3)4)38-37-25)45(34-27(19(5)6)39-40-28(34)20(7)8,35-29(21(9)10)41-42-30(35)22(11)12)36-31(23(13)14)43-44-32(36)24(15)16/h17-24H,1-16H3,(H,37,38)(H,39,40)(H,41,42)(H,43,44). The third kappa shape index (κ3) is 5.67. The van der Waals surface area contributed by atoms with Gasteiger partial charge in [0.05, 0.1) is 22.8 Å². The van der Waals surface area contributed by atoms with Gasteiger partial charge in [-0.05, 0) is 68.1 Å². The number of rotatable bonds is 12. The summed E-state index contributed by atoms with van der Waals surface area (Å²) in [4.78, 5) is 0. The van der Waals surface area contributed by atoms with Gasteiger partial charge in [0, 0.05) is 22.8 Å². The Kier molecular flexibility index (Phi) is 10.1. The molecule has 4 heterocycles. The van der Waals surface area contributed by atoms with Crippen LogP contribution in [-0.4, -0.2) is 48.9 Å². The second-order valence-electron chi connectivity index (χ2n) is 15.6. The highest BCUT2D eigenvalue weighted by molar-refractivity contribution is 7.21. The summed E-state index contributed by atoms with van der Waals surface area (Å²) in [5.74, 6) is 1.77. The molecule has 0 spiro atoms. The van der Waals surface area contributed by atoms with Gasteiger partial charge in [0.15, 0.2) is 8.07 Å². The fourth-order valence-corrected chi connectivity index (χ4v) is 14.6. The van der Waals surface area contributed by atoms with Crippen molar-refractivity contribution in [1.82, 2.24) is 40.8 Å². The van der Waals surface area contributed by atoms with Gasteiger partial charge in [-0.25, -0.2) is 0 Å². The van der Waals surface area contributed by atoms with E-state index in [1.807, 2.05) is 0 Å². The van der Waals surface area contributed by atoms with E-state index in [1.54, 1.807) is 0 Å². The van der Waals surface area contributed by atoms with E-state index >= 15 is 0 Å². The monoisotopic (exact) mass is 632 g/mol. The van der Waals surface area contributed by atoms with E-state index in [9.17, 15) is 0 Å². The van der Waals surface area contributed by atoms with Crippen molar-refractivity contribution in [2.24, 2.45) is 0 Å². The fraction of sp³-hybridized carbons (Fsp3) is 0.667. The Morgan fingerprint density at radius 2 is 0.489 bits per heavy atom. The van der Waals surface area contributed by atoms with Crippen molar-refractivity contribution in [3.63, 3.8) is 0 Å². The quantitative estimate of drug-likeness (QED) is 0.127. The maximum atomic E-state index is 5.20. The van der Waals surface area contributed by atoms with Crippen LogP contribution in [0.4, 0.5) is 0 Å². The first kappa shape index (κ1) is 34.9. The van der Waals surface area contributed by atoms with Crippen molar-refractivity contribution >= 4 is 28.8 Å². The van der Waals surface area contributed by atoms with Crippen molar-refractivity contribution in [3.8, 4) is 0 Å². The zero-order valence-electron chi connectivity index (χ0n) is 30.9. The van der Waals surface area contributed by atoms with E-state index in [0.29, 0.717) is 0 Å². The van der Waals surface area contributed by atoms with Gasteiger partial charge in [-0.15, -0.1) is 0 Å². The highest BCUT2D eigenvalue weighted by Gasteiger charge is 2.56. The van der Waals surface area contributed by atoms with E-state index in [1.165, 1.54) is 43.5 Å². The Bertz CT molecular complexity index is 1250. The van der Waals surface area contributed by atoms with Crippen molar-refractivity contribution in [1.29, 1.82) is 0 Å². The van der Waals surface area contributed by atoms with E-state index in [2.05, 4.69) is 131 Å². The summed E-state index contributed by atoms with van der Waals surface area (Å²) in [7, 11) is -3.32. The molecule has 0 aliphatic heterocycles. The van der Waals surface area contributed by atoms with Crippen molar-refractivity contribution in [2.75, 3.05) is 0 Å². The van der Waals surface area contributed by atoms with E-state index in [-0.39, 0.29) is 47.3 Å². The second kappa shape index (κ2) is 13.0. The summed E-state index contributed by atoms with van der Waals surface area (Å²) < 4.78 is 0. The van der Waals surface area contributed by atoms with Crippen LogP contribution in [0.2, 0.25) is 0 Å². The largest absolute Gasteiger partial charge is 0.282 e. The number of hydrogen-bond donors (Lipinski definition) is 4. The van der Waals surface area contributed by atoms with Gasteiger partial charge in [-0.3, -0.25) is 20.4 Å². The average molecular weight is 633 g/mol. The first-order valence-electron chi connectivity index (χ1n) is 17.3. The molecule has 4 rings (SSSR count). The lowest BCUT2D eigenvalue weighted by Crippen LogP contribution is -2.79. The Hall–Kier alpha value is -2.94. The number of nitrogens with zero attached hydrogens (tertiary/aromatic N) is 4. The van der Waals surface area contributed by atoms with Crippen LogP contribution in [0.25, 0.3) is 0 Å². The average Bonchev–Trinajstić information content (AvgIpc) is 3.73. The molecule has 0 aromatic carbocycles. The molecule has 0 aliphatic rings. The fourth-order valence-electron chi connectivity index (χ4n) is 7.15. The number of aromatic nitrogens is 8. The van der Waals surface area contributed by atoms with Crippen LogP contribution >= 0.6 is 0 Å². The minimum atomic E-state index is -3.32. The number of hydrogen-bond acceptors (Lipinski definition) is 4. The lowest BCUT2D eigenvalue weighted by Gasteiger charge is -2.39. The lowest BCUT2D eigenvalue weighted by atomic mass is 10.0. The summed E-state index contributed by atoms with van der Waals surface area (Å²) in [6.45, 7) is 36.7. The molecule has 0 unspecified atom stereocenters. The summed E-state index contributed by atoms with van der Waals surface area (Å²) >= 11 is 0. The first-order valence-corrected chi connectivity index (χ1v) is 19.3. The van der Waals surface area contributed by atoms with Gasteiger partial charge in [-0.1, -0.05) is 111 Å². The Morgan fingerprint density at radius 1 is 0.311 bits per heavy atom. The highest BCUT2D eigenvalue weighted by Crippen LogP contribution is 2.33. The molecule has 0 fully saturated rings. The maximum Gasteiger partial charge on any atom is 0.196 e. The third-order valence-electron chi connectivity index (χ3n) is 9.29. The van der Waals surface area contributed by atoms with Gasteiger partial charge in [0.2, 0.25) is 0 Å². The van der Waals surface area contributed by atoms with Crippen LogP contribution in [0.5, 0.6) is 0 Å². The predicted molar refractivity (Wildman–Crippen MR) is 191 cm³/mol. The predicted octanol–water partition coefficient (Wildman–Crippen LogP) is 6.94. The molecule has 0 saturated carbocycles. The second-order valence-corrected chi connectivity index (χ2v) is 19.1. The topological polar surface area (TPSA) is 115 Å². The summed E-state index contributed by atoms with van der Waals surface area (Å²) in [6.07, 6.45) is 0. The van der Waals surface area contributed by atoms with Crippen molar-refractivity contribution in [3.05, 3.63) is 45.6 Å². The zero-order valence-corrected chi connectivity index (χ0v) is 31.9. The van der Waals surface area contributed by atoms with E-state index in [4.69, 9.17) is 20.4 Å². The van der Waals surface area contributed by atoms with Gasteiger partial charge in [0.1, 0.15) is 0 Å². The SMILES string of the molecule is CC(C)c1n[nH]c(C(C)C)c1[Si](c1c(C(C)C)n[nH]c1C(C)C)(c1c(C(C)C)n[nH]c1C(C)C)c1c(C(C)C)n[nH]c1C(C)C. The van der Waals surface area contributed by atoms with Gasteiger partial charge in [-0.2, -0.15) is 20.4 Å². The number of nitrogens with one attached hydrogen (secondary N) is 4. The minimum absolute atomic E-state index is 0.210. The van der Waals surface area contributed by atoms with Crippen LogP contribution < -0.4 is 20.7 Å². The molecule has 0 saturated heterocycles. The maximum absolute atomic E-state index is 5.20. The number of aromatic amines is 4. The molecule has 4 N–H and O–H groups in total. The number of H-pyrrole nitrogens is 4. The highest BCUT2D eigenvalue weighted by atomic mass is 28.3. The van der Waals surface area contributed by atoms with Crippen molar-refractivity contribution < 1.29 is 0 Å². The van der Waals surface area contributed by atoms with Gasteiger partial charge in [0.25, 0.3) is 0 Å². The molecule has 0 amide bonds. The van der Waals surface area contributed by atoms with Crippen LogP contribution in [0.15, 0.2) is 0 Å². The minimum Gasteiger partial charge on any atom is -0.282 e. The molecule has 0 bridgehead atoms. The van der Waals surface area contributed by atoms with Crippen LogP contribution in [0, 0.1) is 0 Å². The molecule has 248 valence electrons. The molecule has 9 heteroatoms. The molecular weight excluding hydrogens is 573 g/mol. The van der Waals surface area contributed by atoms with Gasteiger partial charge < -0.3 is 0 Å². The van der Waals surface area contributed by atoms with Gasteiger partial charge >= 0.3 is 0 Å². The van der Waals surface area contributed by atoms with Crippen molar-refractivity contribution in [2.45, 2.75) is 158 Å². The normalized spacial score (nSPS) is 13.2. The van der Waals surface area contributed by atoms with Crippen LogP contribution in [-0.2, 0) is 0 Å². The molecule has 8 nitrogen and oxygen atoms in total. The Labute approximate surface area is 272 Å². The molecule has 0 atom stereocenters. The lowest BCUT2D eigenvalue weighted by molar-refractivity contribution is 0.791. The molecule has 0 radical (unpaired) electrons. The summed E-state index contributed by atoms with van der Waals surface area (Å²) in [5, 5.41) is 40.8. The molecule has 45 heavy (non-hydrogen) atoms. The molecule has 0 aliphatic carbocycles. The molecule has 4 aromatic heterocycles. The van der Waals surface area contributed by atoms with Crippen LogP contribution in [0.3, 0.4) is 0 Å². The first-order chi connectivity index (χ1) is 21.0. The van der Waals surface area contributed by atoms with Crippen LogP contribution in [0.1, 0.15) is 204 Å². The van der Waals surface area contributed by atoms with E-state index in [0.717, 1.165) is 22.8 Å². The molecular formula is C36H60N8Si. The summed E-state index contributed by atoms with van der Waals surface area (Å²) in [6, 6.07) is 0. The Balaban J connectivity index is 2.58. The third-order valence-corrected chi connectivity index (χ3v) is 14.4. The zero-order chi connectivity index (χ0) is 33.7. The van der Waals surface area contributed by atoms with E-state index < -0.39 is 8.07 Å². The molecule has 4 aromatic rings. The Morgan fingerprint density at radius 3 is 0.622 bits per heavy atom.